The molecule has 0 N–H and O–H groups in total. The van der Waals surface area contributed by atoms with Gasteiger partial charge in [-0.05, 0) is 19.1 Å². The van der Waals surface area contributed by atoms with Crippen LogP contribution in [0.1, 0.15) is 20.8 Å². The Bertz CT molecular complexity index is 589. The highest BCUT2D eigenvalue weighted by Crippen LogP contribution is 2.24. The summed E-state index contributed by atoms with van der Waals surface area (Å²) in [5.41, 5.74) is 1.77. The van der Waals surface area contributed by atoms with Gasteiger partial charge in [0, 0.05) is 43.5 Å². The van der Waals surface area contributed by atoms with Gasteiger partial charge in [-0.15, -0.1) is 0 Å². The highest BCUT2D eigenvalue weighted by Gasteiger charge is 2.21. The number of carbonyl (C=O) groups is 1. The minimum atomic E-state index is -0.0355. The summed E-state index contributed by atoms with van der Waals surface area (Å²) in [5, 5.41) is 4.47. The minimum Gasteiger partial charge on any atom is -0.297 e. The van der Waals surface area contributed by atoms with Crippen molar-refractivity contribution in [3.8, 4) is 11.3 Å². The molecule has 2 aromatic rings. The van der Waals surface area contributed by atoms with E-state index in [9.17, 15) is 4.79 Å². The van der Waals surface area contributed by atoms with Gasteiger partial charge >= 0.3 is 0 Å². The second kappa shape index (κ2) is 5.86. The van der Waals surface area contributed by atoms with E-state index >= 15 is 0 Å². The molecule has 0 aliphatic carbocycles. The first-order valence-corrected chi connectivity index (χ1v) is 6.80. The van der Waals surface area contributed by atoms with Crippen LogP contribution in [0.3, 0.4) is 0 Å². The fourth-order valence-corrected chi connectivity index (χ4v) is 2.11. The van der Waals surface area contributed by atoms with E-state index < -0.39 is 0 Å². The zero-order valence-corrected chi connectivity index (χ0v) is 12.4. The zero-order chi connectivity index (χ0) is 14.7. The SMILES string of the molecule is CCN(C(=O)C(C)C)c1cc(-c2cccnc2)nn1C. The third kappa shape index (κ3) is 2.71. The van der Waals surface area contributed by atoms with Gasteiger partial charge in [0.05, 0.1) is 5.69 Å². The number of hydrogen-bond donors (Lipinski definition) is 0. The number of aryl methyl sites for hydroxylation is 1. The van der Waals surface area contributed by atoms with Crippen LogP contribution in [-0.4, -0.2) is 27.2 Å². The first-order chi connectivity index (χ1) is 9.54. The first kappa shape index (κ1) is 14.2. The normalized spacial score (nSPS) is 10.8. The van der Waals surface area contributed by atoms with E-state index in [1.54, 1.807) is 22.0 Å². The molecule has 0 bridgehead atoms. The number of amides is 1. The molecular weight excluding hydrogens is 252 g/mol. The van der Waals surface area contributed by atoms with Crippen molar-refractivity contribution in [2.45, 2.75) is 20.8 Å². The molecule has 20 heavy (non-hydrogen) atoms. The van der Waals surface area contributed by atoms with Gasteiger partial charge in [-0.3, -0.25) is 19.4 Å². The maximum absolute atomic E-state index is 12.2. The van der Waals surface area contributed by atoms with Gasteiger partial charge in [0.2, 0.25) is 5.91 Å². The van der Waals surface area contributed by atoms with Gasteiger partial charge in [0.15, 0.2) is 0 Å². The van der Waals surface area contributed by atoms with Crippen molar-refractivity contribution < 1.29 is 4.79 Å². The van der Waals surface area contributed by atoms with Gasteiger partial charge in [0.25, 0.3) is 0 Å². The summed E-state index contributed by atoms with van der Waals surface area (Å²) < 4.78 is 1.74. The molecule has 0 saturated carbocycles. The van der Waals surface area contributed by atoms with E-state index in [2.05, 4.69) is 10.1 Å². The number of hydrogen-bond acceptors (Lipinski definition) is 3. The molecule has 5 nitrogen and oxygen atoms in total. The Morgan fingerprint density at radius 3 is 2.75 bits per heavy atom. The molecule has 0 fully saturated rings. The monoisotopic (exact) mass is 272 g/mol. The van der Waals surface area contributed by atoms with Crippen LogP contribution < -0.4 is 4.90 Å². The summed E-state index contributed by atoms with van der Waals surface area (Å²) in [6.07, 6.45) is 3.50. The van der Waals surface area contributed by atoms with E-state index in [4.69, 9.17) is 0 Å². The topological polar surface area (TPSA) is 51.0 Å². The molecule has 106 valence electrons. The maximum Gasteiger partial charge on any atom is 0.230 e. The average molecular weight is 272 g/mol. The smallest absolute Gasteiger partial charge is 0.230 e. The quantitative estimate of drug-likeness (QED) is 0.859. The van der Waals surface area contributed by atoms with Crippen LogP contribution in [0.4, 0.5) is 5.82 Å². The third-order valence-electron chi connectivity index (χ3n) is 3.17. The van der Waals surface area contributed by atoms with Gasteiger partial charge in [-0.25, -0.2) is 0 Å². The van der Waals surface area contributed by atoms with E-state index in [0.29, 0.717) is 6.54 Å². The number of rotatable bonds is 4. The lowest BCUT2D eigenvalue weighted by atomic mass is 10.2. The molecule has 0 aliphatic rings. The van der Waals surface area contributed by atoms with E-state index in [0.717, 1.165) is 17.1 Å². The summed E-state index contributed by atoms with van der Waals surface area (Å²) in [5.74, 6) is 0.880. The fourth-order valence-electron chi connectivity index (χ4n) is 2.11. The number of nitrogens with zero attached hydrogens (tertiary/aromatic N) is 4. The summed E-state index contributed by atoms with van der Waals surface area (Å²) >= 11 is 0. The van der Waals surface area contributed by atoms with Crippen LogP contribution in [0.25, 0.3) is 11.3 Å². The fraction of sp³-hybridized carbons (Fsp3) is 0.400. The second-order valence-electron chi connectivity index (χ2n) is 4.99. The molecule has 2 rings (SSSR count). The molecule has 0 radical (unpaired) electrons. The Hall–Kier alpha value is -2.17. The lowest BCUT2D eigenvalue weighted by Gasteiger charge is -2.22. The second-order valence-corrected chi connectivity index (χ2v) is 4.99. The lowest BCUT2D eigenvalue weighted by Crippen LogP contribution is -2.35. The molecule has 0 spiro atoms. The molecule has 0 aliphatic heterocycles. The highest BCUT2D eigenvalue weighted by molar-refractivity contribution is 5.94. The molecule has 0 aromatic carbocycles. The van der Waals surface area contributed by atoms with E-state index in [1.165, 1.54) is 0 Å². The summed E-state index contributed by atoms with van der Waals surface area (Å²) in [7, 11) is 1.85. The first-order valence-electron chi connectivity index (χ1n) is 6.80. The molecular formula is C15H20N4O. The highest BCUT2D eigenvalue weighted by atomic mass is 16.2. The molecule has 2 aromatic heterocycles. The van der Waals surface area contributed by atoms with Crippen LogP contribution in [-0.2, 0) is 11.8 Å². The van der Waals surface area contributed by atoms with Crippen LogP contribution in [0.15, 0.2) is 30.6 Å². The number of anilines is 1. The molecule has 1 amide bonds. The summed E-state index contributed by atoms with van der Waals surface area (Å²) in [6.45, 7) is 6.41. The lowest BCUT2D eigenvalue weighted by molar-refractivity contribution is -0.121. The molecule has 2 heterocycles. The van der Waals surface area contributed by atoms with Crippen molar-refractivity contribution >= 4 is 11.7 Å². The molecule has 5 heteroatoms. The number of pyridine rings is 1. The predicted octanol–water partition coefficient (Wildman–Crippen LogP) is 2.49. The van der Waals surface area contributed by atoms with Crippen LogP contribution in [0.2, 0.25) is 0 Å². The van der Waals surface area contributed by atoms with Gasteiger partial charge < -0.3 is 0 Å². The van der Waals surface area contributed by atoms with Gasteiger partial charge in [0.1, 0.15) is 5.82 Å². The van der Waals surface area contributed by atoms with Crippen molar-refractivity contribution in [3.05, 3.63) is 30.6 Å². The standard InChI is InChI=1S/C15H20N4O/c1-5-19(15(20)11(2)3)14-9-13(17-18(14)4)12-7-6-8-16-10-12/h6-11H,5H2,1-4H3. The third-order valence-corrected chi connectivity index (χ3v) is 3.17. The van der Waals surface area contributed by atoms with Crippen LogP contribution in [0, 0.1) is 5.92 Å². The molecule has 0 saturated heterocycles. The average Bonchev–Trinajstić information content (AvgIpc) is 2.83. The number of carbonyl (C=O) groups excluding carboxylic acids is 1. The van der Waals surface area contributed by atoms with Crippen molar-refractivity contribution in [1.29, 1.82) is 0 Å². The van der Waals surface area contributed by atoms with Crippen molar-refractivity contribution in [2.75, 3.05) is 11.4 Å². The minimum absolute atomic E-state index is 0.0355. The predicted molar refractivity (Wildman–Crippen MR) is 79.3 cm³/mol. The Kier molecular flexibility index (Phi) is 4.17. The summed E-state index contributed by atoms with van der Waals surface area (Å²) in [6, 6.07) is 5.76. The van der Waals surface area contributed by atoms with Gasteiger partial charge in [-0.1, -0.05) is 13.8 Å². The zero-order valence-electron chi connectivity index (χ0n) is 12.4. The Labute approximate surface area is 119 Å². The largest absolute Gasteiger partial charge is 0.297 e. The van der Waals surface area contributed by atoms with E-state index in [-0.39, 0.29) is 11.8 Å². The van der Waals surface area contributed by atoms with Crippen LogP contribution >= 0.6 is 0 Å². The number of aromatic nitrogens is 3. The van der Waals surface area contributed by atoms with Gasteiger partial charge in [-0.2, -0.15) is 5.10 Å². The van der Waals surface area contributed by atoms with Crippen LogP contribution in [0.5, 0.6) is 0 Å². The maximum atomic E-state index is 12.2. The Morgan fingerprint density at radius 2 is 2.20 bits per heavy atom. The van der Waals surface area contributed by atoms with Crippen molar-refractivity contribution in [3.63, 3.8) is 0 Å². The van der Waals surface area contributed by atoms with E-state index in [1.807, 2.05) is 46.0 Å². The van der Waals surface area contributed by atoms with Crippen molar-refractivity contribution in [1.82, 2.24) is 14.8 Å². The molecule has 0 atom stereocenters. The molecule has 0 unspecified atom stereocenters. The van der Waals surface area contributed by atoms with Crippen molar-refractivity contribution in [2.24, 2.45) is 13.0 Å². The Balaban J connectivity index is 2.38. The summed E-state index contributed by atoms with van der Waals surface area (Å²) in [4.78, 5) is 18.1. The Morgan fingerprint density at radius 1 is 1.45 bits per heavy atom.